The van der Waals surface area contributed by atoms with E-state index in [2.05, 4.69) is 15.3 Å². The third-order valence-electron chi connectivity index (χ3n) is 3.79. The molecule has 0 aliphatic rings. The van der Waals surface area contributed by atoms with Crippen molar-refractivity contribution in [2.45, 2.75) is 12.5 Å². The molecule has 1 amide bonds. The number of nitrogens with zero attached hydrogens (tertiary/aromatic N) is 1. The molecule has 0 aliphatic heterocycles. The average Bonchev–Trinajstić information content (AvgIpc) is 3.04. The lowest BCUT2D eigenvalue weighted by molar-refractivity contribution is -0.142. The molecule has 24 heavy (non-hydrogen) atoms. The zero-order valence-corrected chi connectivity index (χ0v) is 13.2. The molecule has 0 radical (unpaired) electrons. The first-order valence-corrected chi connectivity index (χ1v) is 7.53. The molecule has 2 N–H and O–H groups in total. The Hall–Kier alpha value is -3.15. The van der Waals surface area contributed by atoms with Gasteiger partial charge in [0.1, 0.15) is 11.7 Å². The number of carbonyl (C=O) groups is 2. The molecule has 0 unspecified atom stereocenters. The number of amides is 1. The standard InChI is InChI=1S/C18H17N3O3/c1-24-18(23)16(21-17(22)15-8-4-5-9-19-15)10-12-11-20-14-7-3-2-6-13(12)14/h2-9,11,16,20H,10H2,1H3,(H,21,22)/t16-/m1/s1. The Balaban J connectivity index is 1.82. The number of H-pyrrole nitrogens is 1. The van der Waals surface area contributed by atoms with Gasteiger partial charge in [-0.3, -0.25) is 9.78 Å². The molecule has 0 bridgehead atoms. The summed E-state index contributed by atoms with van der Waals surface area (Å²) in [5.41, 5.74) is 2.17. The fourth-order valence-corrected chi connectivity index (χ4v) is 2.59. The van der Waals surface area contributed by atoms with Gasteiger partial charge in [0, 0.05) is 29.7 Å². The highest BCUT2D eigenvalue weighted by Crippen LogP contribution is 2.19. The highest BCUT2D eigenvalue weighted by Gasteiger charge is 2.24. The van der Waals surface area contributed by atoms with Crippen molar-refractivity contribution in [2.75, 3.05) is 7.11 Å². The summed E-state index contributed by atoms with van der Waals surface area (Å²) in [6, 6.07) is 12.0. The topological polar surface area (TPSA) is 84.1 Å². The van der Waals surface area contributed by atoms with Gasteiger partial charge in [0.25, 0.3) is 5.91 Å². The van der Waals surface area contributed by atoms with Crippen molar-refractivity contribution >= 4 is 22.8 Å². The van der Waals surface area contributed by atoms with Crippen LogP contribution in [-0.2, 0) is 16.0 Å². The molecule has 0 fully saturated rings. The van der Waals surface area contributed by atoms with Crippen LogP contribution in [0.15, 0.2) is 54.9 Å². The molecular formula is C18H17N3O3. The van der Waals surface area contributed by atoms with Crippen LogP contribution >= 0.6 is 0 Å². The van der Waals surface area contributed by atoms with Gasteiger partial charge in [-0.2, -0.15) is 0 Å². The van der Waals surface area contributed by atoms with E-state index in [1.807, 2.05) is 30.5 Å². The number of rotatable bonds is 5. The molecule has 1 aromatic carbocycles. The van der Waals surface area contributed by atoms with E-state index >= 15 is 0 Å². The third kappa shape index (κ3) is 3.27. The SMILES string of the molecule is COC(=O)[C@@H](Cc1c[nH]c2ccccc12)NC(=O)c1ccccn1. The number of aromatic amines is 1. The first-order chi connectivity index (χ1) is 11.7. The van der Waals surface area contributed by atoms with Crippen LogP contribution in [0.1, 0.15) is 16.1 Å². The minimum atomic E-state index is -0.788. The predicted molar refractivity (Wildman–Crippen MR) is 89.5 cm³/mol. The van der Waals surface area contributed by atoms with Crippen LogP contribution in [0.2, 0.25) is 0 Å². The normalized spacial score (nSPS) is 11.9. The van der Waals surface area contributed by atoms with Crippen LogP contribution in [0.25, 0.3) is 10.9 Å². The number of esters is 1. The zero-order chi connectivity index (χ0) is 16.9. The lowest BCUT2D eigenvalue weighted by atomic mass is 10.0. The van der Waals surface area contributed by atoms with Crippen LogP contribution in [0, 0.1) is 0 Å². The van der Waals surface area contributed by atoms with Crippen LogP contribution < -0.4 is 5.32 Å². The number of fused-ring (bicyclic) bond motifs is 1. The number of ether oxygens (including phenoxy) is 1. The highest BCUT2D eigenvalue weighted by atomic mass is 16.5. The highest BCUT2D eigenvalue weighted by molar-refractivity contribution is 5.95. The van der Waals surface area contributed by atoms with Crippen LogP contribution in [0.3, 0.4) is 0 Å². The summed E-state index contributed by atoms with van der Waals surface area (Å²) in [7, 11) is 1.30. The molecule has 2 aromatic heterocycles. The van der Waals surface area contributed by atoms with Crippen molar-refractivity contribution in [3.05, 3.63) is 66.1 Å². The van der Waals surface area contributed by atoms with Crippen LogP contribution in [0.4, 0.5) is 0 Å². The predicted octanol–water partition coefficient (Wildman–Crippen LogP) is 2.08. The number of carbonyl (C=O) groups excluding carboxylic acids is 2. The van der Waals surface area contributed by atoms with Crippen molar-refractivity contribution in [3.63, 3.8) is 0 Å². The Labute approximate surface area is 138 Å². The fourth-order valence-electron chi connectivity index (χ4n) is 2.59. The first kappa shape index (κ1) is 15.7. The third-order valence-corrected chi connectivity index (χ3v) is 3.79. The van der Waals surface area contributed by atoms with Crippen molar-refractivity contribution < 1.29 is 14.3 Å². The van der Waals surface area contributed by atoms with Gasteiger partial charge in [-0.1, -0.05) is 24.3 Å². The lowest BCUT2D eigenvalue weighted by Crippen LogP contribution is -2.43. The van der Waals surface area contributed by atoms with E-state index < -0.39 is 17.9 Å². The summed E-state index contributed by atoms with van der Waals surface area (Å²) in [6.45, 7) is 0. The molecule has 0 aliphatic carbocycles. The Morgan fingerprint density at radius 2 is 2.00 bits per heavy atom. The van der Waals surface area contributed by atoms with Gasteiger partial charge < -0.3 is 15.0 Å². The van der Waals surface area contributed by atoms with Crippen LogP contribution in [-0.4, -0.2) is 35.0 Å². The number of hydrogen-bond donors (Lipinski definition) is 2. The number of nitrogens with one attached hydrogen (secondary N) is 2. The number of benzene rings is 1. The van der Waals surface area contributed by atoms with E-state index in [4.69, 9.17) is 4.74 Å². The van der Waals surface area contributed by atoms with E-state index in [9.17, 15) is 9.59 Å². The van der Waals surface area contributed by atoms with Crippen molar-refractivity contribution in [1.29, 1.82) is 0 Å². The van der Waals surface area contributed by atoms with Crippen molar-refractivity contribution in [2.24, 2.45) is 0 Å². The number of methoxy groups -OCH3 is 1. The first-order valence-electron chi connectivity index (χ1n) is 7.53. The van der Waals surface area contributed by atoms with E-state index in [1.165, 1.54) is 13.3 Å². The van der Waals surface area contributed by atoms with Gasteiger partial charge in [0.2, 0.25) is 0 Å². The fraction of sp³-hybridized carbons (Fsp3) is 0.167. The van der Waals surface area contributed by atoms with E-state index in [1.54, 1.807) is 18.2 Å². The molecule has 0 spiro atoms. The van der Waals surface area contributed by atoms with E-state index in [-0.39, 0.29) is 5.69 Å². The summed E-state index contributed by atoms with van der Waals surface area (Å²) in [4.78, 5) is 31.5. The molecule has 122 valence electrons. The molecule has 3 aromatic rings. The van der Waals surface area contributed by atoms with Crippen LogP contribution in [0.5, 0.6) is 0 Å². The van der Waals surface area contributed by atoms with Gasteiger partial charge in [0.05, 0.1) is 7.11 Å². The van der Waals surface area contributed by atoms with E-state index in [0.29, 0.717) is 6.42 Å². The lowest BCUT2D eigenvalue weighted by Gasteiger charge is -2.16. The monoisotopic (exact) mass is 323 g/mol. The molecule has 0 saturated heterocycles. The van der Waals surface area contributed by atoms with Gasteiger partial charge in [-0.15, -0.1) is 0 Å². The minimum absolute atomic E-state index is 0.255. The van der Waals surface area contributed by atoms with Gasteiger partial charge in [-0.25, -0.2) is 4.79 Å². The van der Waals surface area contributed by atoms with Crippen molar-refractivity contribution in [3.8, 4) is 0 Å². The summed E-state index contributed by atoms with van der Waals surface area (Å²) in [5.74, 6) is -0.907. The molecular weight excluding hydrogens is 306 g/mol. The van der Waals surface area contributed by atoms with Gasteiger partial charge in [0.15, 0.2) is 0 Å². The summed E-state index contributed by atoms with van der Waals surface area (Å²) in [5, 5.41) is 3.71. The Bertz CT molecular complexity index is 858. The number of aromatic nitrogens is 2. The second-order valence-electron chi connectivity index (χ2n) is 5.33. The number of para-hydroxylation sites is 1. The Morgan fingerprint density at radius 3 is 2.75 bits per heavy atom. The Kier molecular flexibility index (Phi) is 4.56. The maximum absolute atomic E-state index is 12.3. The minimum Gasteiger partial charge on any atom is -0.467 e. The molecule has 6 nitrogen and oxygen atoms in total. The van der Waals surface area contributed by atoms with E-state index in [0.717, 1.165) is 16.5 Å². The maximum Gasteiger partial charge on any atom is 0.328 e. The smallest absolute Gasteiger partial charge is 0.328 e. The molecule has 2 heterocycles. The largest absolute Gasteiger partial charge is 0.467 e. The quantitative estimate of drug-likeness (QED) is 0.704. The maximum atomic E-state index is 12.3. The number of hydrogen-bond acceptors (Lipinski definition) is 4. The molecule has 6 heteroatoms. The Morgan fingerprint density at radius 1 is 1.21 bits per heavy atom. The summed E-state index contributed by atoms with van der Waals surface area (Å²) < 4.78 is 4.83. The molecule has 1 atom stereocenters. The second-order valence-corrected chi connectivity index (χ2v) is 5.33. The molecule has 0 saturated carbocycles. The average molecular weight is 323 g/mol. The van der Waals surface area contributed by atoms with Gasteiger partial charge in [-0.05, 0) is 23.8 Å². The van der Waals surface area contributed by atoms with Crippen molar-refractivity contribution in [1.82, 2.24) is 15.3 Å². The second kappa shape index (κ2) is 6.95. The summed E-state index contributed by atoms with van der Waals surface area (Å²) >= 11 is 0. The molecule has 3 rings (SSSR count). The number of pyridine rings is 1. The van der Waals surface area contributed by atoms with Gasteiger partial charge >= 0.3 is 5.97 Å². The summed E-state index contributed by atoms with van der Waals surface area (Å²) in [6.07, 6.45) is 3.70. The zero-order valence-electron chi connectivity index (χ0n) is 13.2.